The molecule has 196 valence electrons. The van der Waals surface area contributed by atoms with Crippen LogP contribution < -0.4 is 5.73 Å². The van der Waals surface area contributed by atoms with E-state index in [0.717, 1.165) is 6.42 Å². The first kappa shape index (κ1) is 27.5. The highest BCUT2D eigenvalue weighted by Gasteiger charge is 2.48. The molecule has 3 heterocycles. The number of aliphatic hydroxyl groups excluding tert-OH is 1. The fourth-order valence-corrected chi connectivity index (χ4v) is 4.53. The molecule has 1 aliphatic carbocycles. The third kappa shape index (κ3) is 5.67. The Balaban J connectivity index is 0.00000342. The average Bonchev–Trinajstić information content (AvgIpc) is 2.71. The summed E-state index contributed by atoms with van der Waals surface area (Å²) in [5, 5.41) is 9.79. The molecular formula is C21H27ClF5N5O3. The van der Waals surface area contributed by atoms with E-state index in [9.17, 15) is 36.6 Å². The van der Waals surface area contributed by atoms with Gasteiger partial charge in [-0.3, -0.25) is 9.59 Å². The number of aliphatic hydroxyl groups is 1. The molecule has 0 radical (unpaired) electrons. The van der Waals surface area contributed by atoms with Crippen LogP contribution in [-0.2, 0) is 28.7 Å². The van der Waals surface area contributed by atoms with Crippen molar-refractivity contribution in [2.75, 3.05) is 13.1 Å². The van der Waals surface area contributed by atoms with Gasteiger partial charge in [-0.1, -0.05) is 6.42 Å². The lowest BCUT2D eigenvalue weighted by atomic mass is 9.84. The number of fused-ring (bicyclic) bond motifs is 1. The molecule has 2 fully saturated rings. The molecule has 35 heavy (non-hydrogen) atoms. The van der Waals surface area contributed by atoms with E-state index in [0.29, 0.717) is 17.7 Å². The van der Waals surface area contributed by atoms with Crippen molar-refractivity contribution in [3.05, 3.63) is 22.8 Å². The Labute approximate surface area is 204 Å². The topological polar surface area (TPSA) is 113 Å². The van der Waals surface area contributed by atoms with Crippen LogP contribution in [0.2, 0.25) is 0 Å². The fraction of sp³-hybridized carbons (Fsp3) is 0.714. The molecule has 3 aliphatic rings. The summed E-state index contributed by atoms with van der Waals surface area (Å²) in [4.78, 5) is 34.8. The maximum atomic E-state index is 13.7. The molecule has 4 rings (SSSR count). The van der Waals surface area contributed by atoms with E-state index in [1.165, 1.54) is 4.90 Å². The van der Waals surface area contributed by atoms with E-state index >= 15 is 0 Å². The minimum atomic E-state index is -4.63. The number of nitrogens with two attached hydrogens (primary N) is 1. The summed E-state index contributed by atoms with van der Waals surface area (Å²) < 4.78 is 68.3. The van der Waals surface area contributed by atoms with E-state index in [-0.39, 0.29) is 61.3 Å². The standard InChI is InChI=1S/C21H26F5N5O3.ClH/c22-20(23)6-4-15(32)31(19(20)34)9-12(27)8-16(33)30-7-5-13-14(10-30)28-18(11-2-1-3-11)29-17(13)21(24,25)26;/h11-12,19,34H,1-10,27H2;1H. The Morgan fingerprint density at radius 3 is 2.51 bits per heavy atom. The van der Waals surface area contributed by atoms with Crippen LogP contribution in [0.1, 0.15) is 67.2 Å². The maximum Gasteiger partial charge on any atom is 0.433 e. The minimum absolute atomic E-state index is 0. The molecule has 0 bridgehead atoms. The molecule has 1 aromatic heterocycles. The number of alkyl halides is 5. The van der Waals surface area contributed by atoms with Crippen molar-refractivity contribution in [2.45, 2.75) is 81.8 Å². The highest BCUT2D eigenvalue weighted by atomic mass is 35.5. The van der Waals surface area contributed by atoms with Crippen molar-refractivity contribution in [1.82, 2.24) is 19.8 Å². The number of likely N-dealkylation sites (tertiary alicyclic amines) is 1. The third-order valence-electron chi connectivity index (χ3n) is 6.71. The van der Waals surface area contributed by atoms with Crippen molar-refractivity contribution in [3.8, 4) is 0 Å². The van der Waals surface area contributed by atoms with Gasteiger partial charge < -0.3 is 20.6 Å². The van der Waals surface area contributed by atoms with Crippen LogP contribution in [0.5, 0.6) is 0 Å². The van der Waals surface area contributed by atoms with Crippen LogP contribution in [0, 0.1) is 0 Å². The second-order valence-electron chi connectivity index (χ2n) is 9.19. The fourth-order valence-electron chi connectivity index (χ4n) is 4.53. The summed E-state index contributed by atoms with van der Waals surface area (Å²) in [6, 6.07) is -1.04. The lowest BCUT2D eigenvalue weighted by Crippen LogP contribution is -2.58. The number of carbonyl (C=O) groups excluding carboxylic acids is 2. The molecule has 14 heteroatoms. The van der Waals surface area contributed by atoms with Gasteiger partial charge in [0.05, 0.1) is 12.2 Å². The monoisotopic (exact) mass is 527 g/mol. The molecule has 8 nitrogen and oxygen atoms in total. The number of amides is 2. The van der Waals surface area contributed by atoms with Crippen LogP contribution in [0.4, 0.5) is 22.0 Å². The van der Waals surface area contributed by atoms with Crippen LogP contribution in [0.25, 0.3) is 0 Å². The lowest BCUT2D eigenvalue weighted by Gasteiger charge is -2.38. The first-order valence-electron chi connectivity index (χ1n) is 11.2. The molecule has 1 aromatic rings. The summed E-state index contributed by atoms with van der Waals surface area (Å²) in [6.07, 6.45) is -6.25. The SMILES string of the molecule is Cl.NC(CC(=O)N1CCc2c(nc(C3CCC3)nc2C(F)(F)F)C1)CN1C(=O)CCC(F)(F)C1O. The van der Waals surface area contributed by atoms with Gasteiger partial charge in [0.2, 0.25) is 11.8 Å². The largest absolute Gasteiger partial charge is 0.433 e. The maximum absolute atomic E-state index is 13.7. The zero-order valence-electron chi connectivity index (χ0n) is 18.7. The number of hydrogen-bond donors (Lipinski definition) is 2. The summed E-state index contributed by atoms with van der Waals surface area (Å²) in [5.41, 5.74) is 5.09. The van der Waals surface area contributed by atoms with E-state index < -0.39 is 61.3 Å². The molecule has 0 spiro atoms. The minimum Gasteiger partial charge on any atom is -0.368 e. The second kappa shape index (κ2) is 10.1. The Kier molecular flexibility index (Phi) is 7.92. The smallest absolute Gasteiger partial charge is 0.368 e. The van der Waals surface area contributed by atoms with Gasteiger partial charge in [-0.25, -0.2) is 18.7 Å². The normalized spacial score (nSPS) is 23.3. The van der Waals surface area contributed by atoms with Crippen LogP contribution >= 0.6 is 12.4 Å². The Morgan fingerprint density at radius 1 is 1.23 bits per heavy atom. The van der Waals surface area contributed by atoms with Gasteiger partial charge in [0.15, 0.2) is 11.9 Å². The average molecular weight is 528 g/mol. The molecular weight excluding hydrogens is 501 g/mol. The van der Waals surface area contributed by atoms with Crippen molar-refractivity contribution in [1.29, 1.82) is 0 Å². The molecule has 2 aliphatic heterocycles. The van der Waals surface area contributed by atoms with Gasteiger partial charge in [0.1, 0.15) is 5.82 Å². The highest BCUT2D eigenvalue weighted by Crippen LogP contribution is 2.39. The lowest BCUT2D eigenvalue weighted by molar-refractivity contribution is -0.205. The van der Waals surface area contributed by atoms with Crippen molar-refractivity contribution in [2.24, 2.45) is 5.73 Å². The van der Waals surface area contributed by atoms with Gasteiger partial charge in [-0.05, 0) is 19.3 Å². The Morgan fingerprint density at radius 2 is 1.91 bits per heavy atom. The Hall–Kier alpha value is -2.12. The summed E-state index contributed by atoms with van der Waals surface area (Å²) in [5.74, 6) is -4.64. The molecule has 1 saturated heterocycles. The number of carbonyl (C=O) groups is 2. The first-order valence-corrected chi connectivity index (χ1v) is 11.2. The van der Waals surface area contributed by atoms with Gasteiger partial charge in [0, 0.05) is 49.9 Å². The van der Waals surface area contributed by atoms with Crippen LogP contribution in [0.15, 0.2) is 0 Å². The number of halogens is 6. The molecule has 0 aromatic carbocycles. The third-order valence-corrected chi connectivity index (χ3v) is 6.71. The van der Waals surface area contributed by atoms with Crippen LogP contribution in [-0.4, -0.2) is 68.0 Å². The van der Waals surface area contributed by atoms with E-state index in [1.807, 2.05) is 0 Å². The number of rotatable bonds is 5. The van der Waals surface area contributed by atoms with Gasteiger partial charge >= 0.3 is 6.18 Å². The summed E-state index contributed by atoms with van der Waals surface area (Å²) >= 11 is 0. The summed E-state index contributed by atoms with van der Waals surface area (Å²) in [6.45, 7) is -0.593. The van der Waals surface area contributed by atoms with Crippen molar-refractivity contribution < 1.29 is 36.6 Å². The molecule has 1 saturated carbocycles. The number of hydrogen-bond acceptors (Lipinski definition) is 6. The quantitative estimate of drug-likeness (QED) is 0.569. The van der Waals surface area contributed by atoms with E-state index in [1.54, 1.807) is 0 Å². The first-order chi connectivity index (χ1) is 15.9. The predicted octanol–water partition coefficient (Wildman–Crippen LogP) is 2.36. The highest BCUT2D eigenvalue weighted by molar-refractivity contribution is 5.85. The second-order valence-corrected chi connectivity index (χ2v) is 9.19. The zero-order chi connectivity index (χ0) is 24.8. The summed E-state index contributed by atoms with van der Waals surface area (Å²) in [7, 11) is 0. The van der Waals surface area contributed by atoms with Crippen molar-refractivity contribution >= 4 is 24.2 Å². The zero-order valence-corrected chi connectivity index (χ0v) is 19.5. The number of aromatic nitrogens is 2. The number of nitrogens with zero attached hydrogens (tertiary/aromatic N) is 4. The Bertz CT molecular complexity index is 975. The molecule has 2 atom stereocenters. The van der Waals surface area contributed by atoms with Gasteiger partial charge in [0.25, 0.3) is 5.92 Å². The van der Waals surface area contributed by atoms with Gasteiger partial charge in [-0.15, -0.1) is 12.4 Å². The van der Waals surface area contributed by atoms with E-state index in [2.05, 4.69) is 9.97 Å². The predicted molar refractivity (Wildman–Crippen MR) is 114 cm³/mol. The molecule has 2 amide bonds. The van der Waals surface area contributed by atoms with Gasteiger partial charge in [-0.2, -0.15) is 13.2 Å². The number of piperidine rings is 1. The van der Waals surface area contributed by atoms with Crippen LogP contribution in [0.3, 0.4) is 0 Å². The van der Waals surface area contributed by atoms with Crippen molar-refractivity contribution in [3.63, 3.8) is 0 Å². The molecule has 3 N–H and O–H groups in total. The van der Waals surface area contributed by atoms with E-state index in [4.69, 9.17) is 5.73 Å². The molecule has 2 unspecified atom stereocenters.